The maximum Gasteiger partial charge on any atom is 0.338 e. The van der Waals surface area contributed by atoms with Crippen molar-refractivity contribution in [1.29, 1.82) is 0 Å². The van der Waals surface area contributed by atoms with Gasteiger partial charge in [-0.15, -0.1) is 0 Å². The summed E-state index contributed by atoms with van der Waals surface area (Å²) < 4.78 is 61.3. The number of methoxy groups -OCH3 is 2. The predicted molar refractivity (Wildman–Crippen MR) is 110 cm³/mol. The first-order valence-corrected chi connectivity index (χ1v) is 11.0. The third-order valence-corrected chi connectivity index (χ3v) is 6.71. The monoisotopic (exact) mass is 467 g/mol. The molecule has 0 N–H and O–H groups in total. The van der Waals surface area contributed by atoms with Crippen molar-refractivity contribution in [1.82, 2.24) is 4.31 Å². The Labute approximate surface area is 184 Å². The van der Waals surface area contributed by atoms with Gasteiger partial charge in [0, 0.05) is 13.1 Å². The van der Waals surface area contributed by atoms with Gasteiger partial charge in [0.15, 0.2) is 6.61 Å². The lowest BCUT2D eigenvalue weighted by atomic mass is 10.1. The van der Waals surface area contributed by atoms with Crippen LogP contribution in [0.1, 0.15) is 20.7 Å². The topological polar surface area (TPSA) is 108 Å². The van der Waals surface area contributed by atoms with Crippen LogP contribution in [0.3, 0.4) is 0 Å². The van der Waals surface area contributed by atoms with E-state index in [1.54, 1.807) is 6.07 Å². The molecule has 32 heavy (non-hydrogen) atoms. The highest BCUT2D eigenvalue weighted by molar-refractivity contribution is 7.89. The van der Waals surface area contributed by atoms with E-state index in [-0.39, 0.29) is 43.2 Å². The number of Topliss-reactive ketones (excluding diaryl/α,β-unsaturated/α-hetero) is 1. The molecule has 2 aromatic rings. The minimum Gasteiger partial charge on any atom is -0.497 e. The number of sulfonamides is 1. The third kappa shape index (κ3) is 5.06. The molecular weight excluding hydrogens is 445 g/mol. The van der Waals surface area contributed by atoms with Crippen molar-refractivity contribution in [3.63, 3.8) is 0 Å². The second kappa shape index (κ2) is 10.1. The van der Waals surface area contributed by atoms with E-state index < -0.39 is 39.1 Å². The second-order valence-electron chi connectivity index (χ2n) is 6.73. The number of esters is 1. The Balaban J connectivity index is 1.76. The lowest BCUT2D eigenvalue weighted by molar-refractivity contribution is 0.0473. The lowest BCUT2D eigenvalue weighted by Gasteiger charge is -2.26. The molecule has 3 rings (SSSR count). The summed E-state index contributed by atoms with van der Waals surface area (Å²) in [5.74, 6) is -1.84. The standard InChI is InChI=1S/C21H22FNO8S/c1-28-15-4-6-19(29-2)16(12-15)18(24)13-31-21(25)14-3-5-17(22)20(11-14)32(26,27)23-7-9-30-10-8-23/h3-6,11-12H,7-10,13H2,1-2H3. The molecule has 1 heterocycles. The molecule has 11 heteroatoms. The van der Waals surface area contributed by atoms with Gasteiger partial charge >= 0.3 is 5.97 Å². The smallest absolute Gasteiger partial charge is 0.338 e. The number of carbonyl (C=O) groups excluding carboxylic acids is 2. The maximum atomic E-state index is 14.3. The van der Waals surface area contributed by atoms with E-state index in [2.05, 4.69) is 0 Å². The number of hydrogen-bond donors (Lipinski definition) is 0. The molecule has 2 aromatic carbocycles. The summed E-state index contributed by atoms with van der Waals surface area (Å²) in [5, 5.41) is 0. The van der Waals surface area contributed by atoms with Crippen molar-refractivity contribution >= 4 is 21.8 Å². The Morgan fingerprint density at radius 2 is 1.78 bits per heavy atom. The molecule has 0 bridgehead atoms. The van der Waals surface area contributed by atoms with Gasteiger partial charge in [-0.3, -0.25) is 4.79 Å². The zero-order valence-electron chi connectivity index (χ0n) is 17.5. The Morgan fingerprint density at radius 1 is 1.06 bits per heavy atom. The van der Waals surface area contributed by atoms with Crippen LogP contribution in [0.15, 0.2) is 41.3 Å². The number of ketones is 1. The molecular formula is C21H22FNO8S. The first-order valence-electron chi connectivity index (χ1n) is 9.57. The highest BCUT2D eigenvalue weighted by Gasteiger charge is 2.30. The predicted octanol–water partition coefficient (Wildman–Crippen LogP) is 1.90. The van der Waals surface area contributed by atoms with Crippen LogP contribution >= 0.6 is 0 Å². The average molecular weight is 467 g/mol. The first-order chi connectivity index (χ1) is 15.3. The Kier molecular flexibility index (Phi) is 7.44. The quantitative estimate of drug-likeness (QED) is 0.428. The summed E-state index contributed by atoms with van der Waals surface area (Å²) >= 11 is 0. The van der Waals surface area contributed by atoms with Gasteiger partial charge in [-0.25, -0.2) is 17.6 Å². The van der Waals surface area contributed by atoms with Crippen molar-refractivity contribution in [2.75, 3.05) is 47.1 Å². The minimum atomic E-state index is -4.17. The van der Waals surface area contributed by atoms with E-state index in [9.17, 15) is 22.4 Å². The van der Waals surface area contributed by atoms with Crippen molar-refractivity contribution in [3.8, 4) is 11.5 Å². The van der Waals surface area contributed by atoms with Crippen LogP contribution in [0.4, 0.5) is 4.39 Å². The van der Waals surface area contributed by atoms with Gasteiger partial charge in [-0.05, 0) is 36.4 Å². The summed E-state index contributed by atoms with van der Waals surface area (Å²) in [6, 6.07) is 7.45. The number of benzene rings is 2. The van der Waals surface area contributed by atoms with Crippen LogP contribution in [-0.4, -0.2) is 71.6 Å². The van der Waals surface area contributed by atoms with Crippen molar-refractivity contribution in [2.24, 2.45) is 0 Å². The zero-order valence-corrected chi connectivity index (χ0v) is 18.3. The zero-order chi connectivity index (χ0) is 23.3. The van der Waals surface area contributed by atoms with Crippen LogP contribution in [0.5, 0.6) is 11.5 Å². The third-order valence-electron chi connectivity index (χ3n) is 4.80. The number of hydrogen-bond acceptors (Lipinski definition) is 8. The van der Waals surface area contributed by atoms with Gasteiger partial charge in [0.25, 0.3) is 0 Å². The fourth-order valence-electron chi connectivity index (χ4n) is 3.08. The largest absolute Gasteiger partial charge is 0.497 e. The van der Waals surface area contributed by atoms with Crippen molar-refractivity contribution in [3.05, 3.63) is 53.3 Å². The van der Waals surface area contributed by atoms with Gasteiger partial charge in [-0.1, -0.05) is 0 Å². The molecule has 1 saturated heterocycles. The number of carbonyl (C=O) groups is 2. The number of morpholine rings is 1. The first kappa shape index (κ1) is 23.6. The van der Waals surface area contributed by atoms with E-state index in [0.717, 1.165) is 22.5 Å². The number of halogens is 1. The van der Waals surface area contributed by atoms with Gasteiger partial charge in [-0.2, -0.15) is 4.31 Å². The second-order valence-corrected chi connectivity index (χ2v) is 8.63. The van der Waals surface area contributed by atoms with Gasteiger partial charge in [0.1, 0.15) is 22.2 Å². The summed E-state index contributed by atoms with van der Waals surface area (Å²) in [4.78, 5) is 24.3. The minimum absolute atomic E-state index is 0.0767. The molecule has 0 atom stereocenters. The van der Waals surface area contributed by atoms with Crippen LogP contribution in [-0.2, 0) is 19.5 Å². The average Bonchev–Trinajstić information content (AvgIpc) is 2.82. The Morgan fingerprint density at radius 3 is 2.44 bits per heavy atom. The van der Waals surface area contributed by atoms with Gasteiger partial charge in [0.2, 0.25) is 15.8 Å². The van der Waals surface area contributed by atoms with Crippen LogP contribution in [0.25, 0.3) is 0 Å². The summed E-state index contributed by atoms with van der Waals surface area (Å²) in [6.45, 7) is -0.0945. The fourth-order valence-corrected chi connectivity index (χ4v) is 4.58. The van der Waals surface area contributed by atoms with Crippen molar-refractivity contribution < 1.29 is 41.3 Å². The van der Waals surface area contributed by atoms with E-state index in [1.807, 2.05) is 0 Å². The van der Waals surface area contributed by atoms with E-state index in [1.165, 1.54) is 26.4 Å². The highest BCUT2D eigenvalue weighted by Crippen LogP contribution is 2.25. The molecule has 1 aliphatic heterocycles. The van der Waals surface area contributed by atoms with Crippen LogP contribution in [0, 0.1) is 5.82 Å². The number of nitrogens with zero attached hydrogens (tertiary/aromatic N) is 1. The number of rotatable bonds is 8. The molecule has 172 valence electrons. The number of ether oxygens (including phenoxy) is 4. The Bertz CT molecular complexity index is 1110. The molecule has 0 radical (unpaired) electrons. The molecule has 1 aliphatic rings. The molecule has 0 amide bonds. The van der Waals surface area contributed by atoms with Crippen LogP contribution in [0.2, 0.25) is 0 Å². The van der Waals surface area contributed by atoms with E-state index in [0.29, 0.717) is 5.75 Å². The Hall–Kier alpha value is -3.02. The summed E-state index contributed by atoms with van der Waals surface area (Å²) in [7, 11) is -1.34. The molecule has 9 nitrogen and oxygen atoms in total. The van der Waals surface area contributed by atoms with E-state index >= 15 is 0 Å². The molecule has 0 unspecified atom stereocenters. The molecule has 0 aliphatic carbocycles. The molecule has 1 fully saturated rings. The summed E-state index contributed by atoms with van der Waals surface area (Å²) in [5.41, 5.74) is -0.0574. The fraction of sp³-hybridized carbons (Fsp3) is 0.333. The van der Waals surface area contributed by atoms with E-state index in [4.69, 9.17) is 18.9 Å². The molecule has 0 spiro atoms. The maximum absolute atomic E-state index is 14.3. The van der Waals surface area contributed by atoms with Crippen molar-refractivity contribution in [2.45, 2.75) is 4.90 Å². The van der Waals surface area contributed by atoms with Gasteiger partial charge in [0.05, 0.1) is 38.6 Å². The SMILES string of the molecule is COc1ccc(OC)c(C(=O)COC(=O)c2ccc(F)c(S(=O)(=O)N3CCOCC3)c2)c1. The summed E-state index contributed by atoms with van der Waals surface area (Å²) in [6.07, 6.45) is 0. The highest BCUT2D eigenvalue weighted by atomic mass is 32.2. The lowest BCUT2D eigenvalue weighted by Crippen LogP contribution is -2.41. The molecule has 0 aromatic heterocycles. The van der Waals surface area contributed by atoms with Crippen LogP contribution < -0.4 is 9.47 Å². The van der Waals surface area contributed by atoms with Gasteiger partial charge < -0.3 is 18.9 Å². The molecule has 0 saturated carbocycles. The normalized spacial score (nSPS) is 14.6.